The van der Waals surface area contributed by atoms with Crippen molar-refractivity contribution in [1.29, 1.82) is 5.26 Å². The Bertz CT molecular complexity index is 1800. The maximum Gasteiger partial charge on any atom is 0.282 e. The van der Waals surface area contributed by atoms with Crippen LogP contribution >= 0.6 is 0 Å². The summed E-state index contributed by atoms with van der Waals surface area (Å²) in [4.78, 5) is 40.7. The highest BCUT2D eigenvalue weighted by Gasteiger charge is 2.66. The predicted octanol–water partition coefficient (Wildman–Crippen LogP) is 1.84. The van der Waals surface area contributed by atoms with Crippen molar-refractivity contribution in [3.8, 4) is 6.07 Å². The summed E-state index contributed by atoms with van der Waals surface area (Å²) in [6.45, 7) is 6.00. The van der Waals surface area contributed by atoms with Gasteiger partial charge in [-0.05, 0) is 66.2 Å². The lowest BCUT2D eigenvalue weighted by atomic mass is 9.85. The second kappa shape index (κ2) is 12.9. The number of rotatable bonds is 10. The van der Waals surface area contributed by atoms with E-state index in [1.807, 2.05) is 24.3 Å². The molecule has 2 atom stereocenters. The Labute approximate surface area is 280 Å². The molecule has 12 nitrogen and oxygen atoms in total. The number of allylic oxidation sites excluding steroid dienone is 1. The van der Waals surface area contributed by atoms with Crippen LogP contribution < -0.4 is 5.32 Å². The number of pyridine rings is 2. The molecule has 3 saturated heterocycles. The number of piperazine rings is 1. The minimum absolute atomic E-state index is 0.0477. The molecule has 0 spiro atoms. The molecule has 0 radical (unpaired) electrons. The van der Waals surface area contributed by atoms with E-state index in [9.17, 15) is 23.3 Å². The normalized spacial score (nSPS) is 25.1. The molecule has 0 bridgehead atoms. The minimum Gasteiger partial charge on any atom is -0.357 e. The van der Waals surface area contributed by atoms with Crippen LogP contribution in [-0.4, -0.2) is 106 Å². The first-order valence-electron chi connectivity index (χ1n) is 16.4. The van der Waals surface area contributed by atoms with E-state index in [-0.39, 0.29) is 29.6 Å². The van der Waals surface area contributed by atoms with Gasteiger partial charge in [-0.25, -0.2) is 0 Å². The van der Waals surface area contributed by atoms with E-state index in [0.29, 0.717) is 69.1 Å². The Morgan fingerprint density at radius 3 is 2.00 bits per heavy atom. The van der Waals surface area contributed by atoms with Crippen molar-refractivity contribution in [1.82, 2.24) is 33.7 Å². The molecule has 1 aromatic carbocycles. The van der Waals surface area contributed by atoms with Gasteiger partial charge >= 0.3 is 0 Å². The van der Waals surface area contributed by atoms with Crippen molar-refractivity contribution >= 4 is 21.9 Å². The topological polar surface area (TPSA) is 143 Å². The number of benzene rings is 1. The summed E-state index contributed by atoms with van der Waals surface area (Å²) in [5.74, 6) is -0.145. The molecule has 2 unspecified atom stereocenters. The van der Waals surface area contributed by atoms with Crippen LogP contribution in [0.5, 0.6) is 0 Å². The molecule has 4 aliphatic rings. The van der Waals surface area contributed by atoms with E-state index in [1.165, 1.54) is 6.08 Å². The third kappa shape index (κ3) is 6.01. The molecule has 48 heavy (non-hydrogen) atoms. The Morgan fingerprint density at radius 1 is 0.917 bits per heavy atom. The zero-order valence-corrected chi connectivity index (χ0v) is 27.6. The molecule has 1 amide bonds. The van der Waals surface area contributed by atoms with Crippen molar-refractivity contribution in [2.24, 2.45) is 11.8 Å². The molecule has 1 saturated carbocycles. The second-order valence-corrected chi connectivity index (χ2v) is 14.9. The Balaban J connectivity index is 1.19. The molecular weight excluding hydrogens is 629 g/mol. The minimum atomic E-state index is -3.62. The highest BCUT2D eigenvalue weighted by molar-refractivity contribution is 7.86. The van der Waals surface area contributed by atoms with Gasteiger partial charge in [0.05, 0.1) is 11.6 Å². The number of hydrogen-bond donors (Lipinski definition) is 1. The van der Waals surface area contributed by atoms with E-state index in [0.717, 1.165) is 17.7 Å². The molecule has 4 fully saturated rings. The standard InChI is InChI=1S/C35H38N8O4S/c1-2-40-15-17-41(18-16-40)48(46,47)42-23-29-30(24-42)33(29)43-32(19-31(44)28-5-3-27(22-36)4-6-28)39-35(34(43)45,20-25-7-11-37-12-8-25)21-26-9-13-38-14-10-26/h3-14,19,29-30,33,39H,2,15-18,20-21,23-24H2,1H3. The van der Waals surface area contributed by atoms with Gasteiger partial charge in [-0.2, -0.15) is 22.3 Å². The number of nitrogens with one attached hydrogen (secondary N) is 1. The highest BCUT2D eigenvalue weighted by Crippen LogP contribution is 2.53. The lowest BCUT2D eigenvalue weighted by Gasteiger charge is -2.36. The maximum atomic E-state index is 14.8. The summed E-state index contributed by atoms with van der Waals surface area (Å²) in [5, 5.41) is 12.7. The summed E-state index contributed by atoms with van der Waals surface area (Å²) in [5.41, 5.74) is 1.56. The van der Waals surface area contributed by atoms with Crippen molar-refractivity contribution in [2.45, 2.75) is 31.3 Å². The van der Waals surface area contributed by atoms with Crippen LogP contribution in [0.1, 0.15) is 34.0 Å². The molecule has 5 heterocycles. The van der Waals surface area contributed by atoms with Gasteiger partial charge in [0.2, 0.25) is 0 Å². The van der Waals surface area contributed by atoms with Crippen LogP contribution in [0.25, 0.3) is 0 Å². The van der Waals surface area contributed by atoms with Gasteiger partial charge < -0.3 is 10.2 Å². The number of carbonyl (C=O) groups excluding carboxylic acids is 2. The molecular formula is C35H38N8O4S. The van der Waals surface area contributed by atoms with E-state index in [2.05, 4.69) is 33.2 Å². The van der Waals surface area contributed by atoms with Gasteiger partial charge in [0, 0.05) is 106 Å². The van der Waals surface area contributed by atoms with Crippen LogP contribution in [0.2, 0.25) is 0 Å². The van der Waals surface area contributed by atoms with Gasteiger partial charge in [-0.3, -0.25) is 24.5 Å². The number of likely N-dealkylation sites (N-methyl/N-ethyl adjacent to an activating group) is 1. The number of nitrogens with zero attached hydrogens (tertiary/aromatic N) is 7. The fourth-order valence-corrected chi connectivity index (χ4v) is 9.16. The van der Waals surface area contributed by atoms with Crippen LogP contribution in [0, 0.1) is 23.2 Å². The number of amides is 1. The summed E-state index contributed by atoms with van der Waals surface area (Å²) in [6.07, 6.45) is 8.95. The molecule has 3 aromatic rings. The zero-order valence-electron chi connectivity index (χ0n) is 26.8. The van der Waals surface area contributed by atoms with E-state index >= 15 is 0 Å². The predicted molar refractivity (Wildman–Crippen MR) is 177 cm³/mol. The summed E-state index contributed by atoms with van der Waals surface area (Å²) in [6, 6.07) is 15.7. The average Bonchev–Trinajstić information content (AvgIpc) is 3.44. The van der Waals surface area contributed by atoms with Crippen LogP contribution in [0.3, 0.4) is 0 Å². The van der Waals surface area contributed by atoms with E-state index in [4.69, 9.17) is 0 Å². The van der Waals surface area contributed by atoms with Gasteiger partial charge in [0.25, 0.3) is 16.1 Å². The maximum absolute atomic E-state index is 14.8. The average molecular weight is 667 g/mol. The highest BCUT2D eigenvalue weighted by atomic mass is 32.2. The lowest BCUT2D eigenvalue weighted by molar-refractivity contribution is -0.132. The summed E-state index contributed by atoms with van der Waals surface area (Å²) < 4.78 is 30.4. The summed E-state index contributed by atoms with van der Waals surface area (Å²) in [7, 11) is -3.62. The number of fused-ring (bicyclic) bond motifs is 1. The van der Waals surface area contributed by atoms with Crippen molar-refractivity contribution in [2.75, 3.05) is 45.8 Å². The monoisotopic (exact) mass is 666 g/mol. The Morgan fingerprint density at radius 2 is 1.48 bits per heavy atom. The number of ketones is 1. The quantitative estimate of drug-likeness (QED) is 0.253. The van der Waals surface area contributed by atoms with Crippen molar-refractivity contribution in [3.63, 3.8) is 0 Å². The molecule has 2 aromatic heterocycles. The fraction of sp³-hybridized carbons (Fsp3) is 0.400. The Kier molecular flexibility index (Phi) is 8.59. The fourth-order valence-electron chi connectivity index (χ4n) is 7.48. The third-order valence-corrected chi connectivity index (χ3v) is 12.1. The summed E-state index contributed by atoms with van der Waals surface area (Å²) >= 11 is 0. The lowest BCUT2D eigenvalue weighted by Crippen LogP contribution is -2.53. The number of nitriles is 1. The van der Waals surface area contributed by atoms with Gasteiger partial charge in [-0.1, -0.05) is 6.92 Å². The van der Waals surface area contributed by atoms with E-state index in [1.54, 1.807) is 62.6 Å². The zero-order chi connectivity index (χ0) is 33.5. The number of carbonyl (C=O) groups is 2. The van der Waals surface area contributed by atoms with Crippen molar-refractivity contribution in [3.05, 3.63) is 107 Å². The van der Waals surface area contributed by atoms with Crippen LogP contribution in [0.4, 0.5) is 0 Å². The largest absolute Gasteiger partial charge is 0.357 e. The van der Waals surface area contributed by atoms with Gasteiger partial charge in [0.15, 0.2) is 5.78 Å². The van der Waals surface area contributed by atoms with Gasteiger partial charge in [0.1, 0.15) is 11.4 Å². The molecule has 1 N–H and O–H groups in total. The molecule has 13 heteroatoms. The SMILES string of the molecule is CCN1CCN(S(=O)(=O)N2CC3C(C2)C3N2C(=O)C(Cc3ccncc3)(Cc3ccncc3)NC2=CC(=O)c2ccc(C#N)cc2)CC1. The first kappa shape index (κ1) is 32.1. The van der Waals surface area contributed by atoms with Crippen LogP contribution in [-0.2, 0) is 27.8 Å². The Hall–Kier alpha value is -4.48. The van der Waals surface area contributed by atoms with Gasteiger partial charge in [-0.15, -0.1) is 0 Å². The van der Waals surface area contributed by atoms with Crippen molar-refractivity contribution < 1.29 is 18.0 Å². The van der Waals surface area contributed by atoms with Crippen LogP contribution in [0.15, 0.2) is 85.2 Å². The van der Waals surface area contributed by atoms with E-state index < -0.39 is 15.7 Å². The first-order chi connectivity index (χ1) is 23.2. The number of aromatic nitrogens is 2. The third-order valence-electron chi connectivity index (χ3n) is 10.2. The first-order valence-corrected chi connectivity index (χ1v) is 17.8. The second-order valence-electron chi connectivity index (χ2n) is 13.0. The smallest absolute Gasteiger partial charge is 0.282 e. The molecule has 7 rings (SSSR count). The molecule has 248 valence electrons. The molecule has 1 aliphatic carbocycles. The number of hydrogen-bond acceptors (Lipinski definition) is 9. The number of piperidine rings is 1. The molecule has 3 aliphatic heterocycles.